The summed E-state index contributed by atoms with van der Waals surface area (Å²) in [4.78, 5) is 6.43. The van der Waals surface area contributed by atoms with E-state index in [1.807, 2.05) is 24.1 Å². The number of unbranched alkanes of at least 4 members (excludes halogenated alkanes) is 1. The number of rotatable bonds is 6. The Labute approximate surface area is 124 Å². The highest BCUT2D eigenvalue weighted by atomic mass is 15.3. The summed E-state index contributed by atoms with van der Waals surface area (Å²) in [6.07, 6.45) is 3.80. The molecule has 6 heteroatoms. The first-order valence-electron chi connectivity index (χ1n) is 6.91. The highest BCUT2D eigenvalue weighted by molar-refractivity contribution is 5.57. The quantitative estimate of drug-likeness (QED) is 0.877. The van der Waals surface area contributed by atoms with Crippen LogP contribution in [0.2, 0.25) is 0 Å². The lowest BCUT2D eigenvalue weighted by Crippen LogP contribution is -2.21. The summed E-state index contributed by atoms with van der Waals surface area (Å²) >= 11 is 0. The van der Waals surface area contributed by atoms with Gasteiger partial charge < -0.3 is 10.2 Å². The van der Waals surface area contributed by atoms with Crippen LogP contribution >= 0.6 is 0 Å². The molecule has 0 saturated heterocycles. The van der Waals surface area contributed by atoms with Crippen LogP contribution in [0.1, 0.15) is 25.3 Å². The van der Waals surface area contributed by atoms with E-state index in [0.29, 0.717) is 17.3 Å². The molecule has 2 rings (SSSR count). The van der Waals surface area contributed by atoms with Crippen LogP contribution < -0.4 is 10.2 Å². The Hall–Kier alpha value is -2.68. The Balaban J connectivity index is 2.08. The van der Waals surface area contributed by atoms with Gasteiger partial charge in [-0.1, -0.05) is 13.3 Å². The first-order chi connectivity index (χ1) is 10.2. The van der Waals surface area contributed by atoms with E-state index in [0.717, 1.165) is 25.1 Å². The Kier molecular flexibility index (Phi) is 5.04. The number of nitrogens with one attached hydrogen (secondary N) is 1. The van der Waals surface area contributed by atoms with Gasteiger partial charge in [-0.3, -0.25) is 0 Å². The van der Waals surface area contributed by atoms with E-state index in [1.165, 1.54) is 0 Å². The molecule has 0 aliphatic carbocycles. The lowest BCUT2D eigenvalue weighted by Gasteiger charge is -2.16. The van der Waals surface area contributed by atoms with Gasteiger partial charge in [0.15, 0.2) is 5.82 Å². The van der Waals surface area contributed by atoms with Gasteiger partial charge in [-0.05, 0) is 30.7 Å². The number of nitrogens with zero attached hydrogens (tertiary/aromatic N) is 5. The average molecular weight is 282 g/mol. The summed E-state index contributed by atoms with van der Waals surface area (Å²) in [5.41, 5.74) is 1.48. The van der Waals surface area contributed by atoms with Gasteiger partial charge in [-0.15, -0.1) is 5.10 Å². The van der Waals surface area contributed by atoms with Crippen molar-refractivity contribution in [2.24, 2.45) is 0 Å². The second-order valence-corrected chi connectivity index (χ2v) is 4.73. The van der Waals surface area contributed by atoms with Crippen LogP contribution in [0.25, 0.3) is 0 Å². The van der Waals surface area contributed by atoms with Crippen molar-refractivity contribution in [2.45, 2.75) is 19.8 Å². The predicted octanol–water partition coefficient (Wildman–Crippen LogP) is 2.72. The molecule has 0 saturated carbocycles. The molecular weight excluding hydrogens is 264 g/mol. The molecule has 2 aromatic rings. The smallest absolute Gasteiger partial charge is 0.247 e. The molecule has 0 bridgehead atoms. The molecule has 0 spiro atoms. The molecule has 0 unspecified atom stereocenters. The van der Waals surface area contributed by atoms with Crippen LogP contribution in [0.5, 0.6) is 0 Å². The number of hydrogen-bond acceptors (Lipinski definition) is 6. The first kappa shape index (κ1) is 14.7. The summed E-state index contributed by atoms with van der Waals surface area (Å²) in [5, 5.41) is 20.0. The lowest BCUT2D eigenvalue weighted by atomic mass is 10.2. The van der Waals surface area contributed by atoms with E-state index in [1.54, 1.807) is 18.3 Å². The van der Waals surface area contributed by atoms with Crippen molar-refractivity contribution in [3.8, 4) is 6.07 Å². The fourth-order valence-corrected chi connectivity index (χ4v) is 1.79. The summed E-state index contributed by atoms with van der Waals surface area (Å²) in [7, 11) is 1.96. The zero-order valence-corrected chi connectivity index (χ0v) is 12.2. The van der Waals surface area contributed by atoms with Crippen LogP contribution in [-0.4, -0.2) is 28.8 Å². The Bertz CT molecular complexity index is 617. The molecule has 1 aromatic heterocycles. The molecule has 0 radical (unpaired) electrons. The number of hydrogen-bond donors (Lipinski definition) is 1. The van der Waals surface area contributed by atoms with E-state index < -0.39 is 0 Å². The SMILES string of the molecule is CCCCN(C)c1nncc(Nc2ccc(C#N)cc2)n1. The highest BCUT2D eigenvalue weighted by Gasteiger charge is 2.06. The van der Waals surface area contributed by atoms with Crippen molar-refractivity contribution < 1.29 is 0 Å². The summed E-state index contributed by atoms with van der Waals surface area (Å²) in [6, 6.07) is 9.27. The first-order valence-corrected chi connectivity index (χ1v) is 6.91. The number of nitriles is 1. The monoisotopic (exact) mass is 282 g/mol. The zero-order chi connectivity index (χ0) is 15.1. The zero-order valence-electron chi connectivity index (χ0n) is 12.2. The predicted molar refractivity (Wildman–Crippen MR) is 82.4 cm³/mol. The minimum Gasteiger partial charge on any atom is -0.343 e. The van der Waals surface area contributed by atoms with Gasteiger partial charge >= 0.3 is 0 Å². The normalized spacial score (nSPS) is 9.95. The van der Waals surface area contributed by atoms with E-state index in [4.69, 9.17) is 5.26 Å². The topological polar surface area (TPSA) is 77.7 Å². The third-order valence-corrected chi connectivity index (χ3v) is 3.02. The maximum absolute atomic E-state index is 8.78. The Morgan fingerprint density at radius 1 is 1.29 bits per heavy atom. The third-order valence-electron chi connectivity index (χ3n) is 3.02. The largest absolute Gasteiger partial charge is 0.343 e. The number of benzene rings is 1. The number of anilines is 3. The second-order valence-electron chi connectivity index (χ2n) is 4.73. The van der Waals surface area contributed by atoms with Crippen molar-refractivity contribution in [1.29, 1.82) is 5.26 Å². The Morgan fingerprint density at radius 2 is 2.05 bits per heavy atom. The van der Waals surface area contributed by atoms with Crippen molar-refractivity contribution in [3.05, 3.63) is 36.0 Å². The molecule has 21 heavy (non-hydrogen) atoms. The standard InChI is InChI=1S/C15H18N6/c1-3-4-9-21(2)15-19-14(11-17-20-15)18-13-7-5-12(10-16)6-8-13/h5-8,11H,3-4,9H2,1-2H3,(H,18,19,20). The second kappa shape index (κ2) is 7.20. The van der Waals surface area contributed by atoms with Crippen molar-refractivity contribution in [3.63, 3.8) is 0 Å². The summed E-state index contributed by atoms with van der Waals surface area (Å²) in [6.45, 7) is 3.05. The molecular formula is C15H18N6. The van der Waals surface area contributed by atoms with Crippen LogP contribution in [0.3, 0.4) is 0 Å². The van der Waals surface area contributed by atoms with Gasteiger partial charge in [0.25, 0.3) is 0 Å². The fourth-order valence-electron chi connectivity index (χ4n) is 1.79. The van der Waals surface area contributed by atoms with Crippen molar-refractivity contribution >= 4 is 17.5 Å². The van der Waals surface area contributed by atoms with E-state index in [-0.39, 0.29) is 0 Å². The summed E-state index contributed by atoms with van der Waals surface area (Å²) < 4.78 is 0. The van der Waals surface area contributed by atoms with Crippen LogP contribution in [0, 0.1) is 11.3 Å². The van der Waals surface area contributed by atoms with Gasteiger partial charge in [-0.2, -0.15) is 15.3 Å². The van der Waals surface area contributed by atoms with Crippen LogP contribution in [0.4, 0.5) is 17.5 Å². The van der Waals surface area contributed by atoms with Gasteiger partial charge in [0, 0.05) is 19.3 Å². The van der Waals surface area contributed by atoms with E-state index >= 15 is 0 Å². The molecule has 0 atom stereocenters. The highest BCUT2D eigenvalue weighted by Crippen LogP contribution is 2.16. The van der Waals surface area contributed by atoms with Crippen LogP contribution in [0.15, 0.2) is 30.5 Å². The van der Waals surface area contributed by atoms with E-state index in [2.05, 4.69) is 33.5 Å². The van der Waals surface area contributed by atoms with Crippen molar-refractivity contribution in [2.75, 3.05) is 23.8 Å². The average Bonchev–Trinajstić information content (AvgIpc) is 2.53. The third kappa shape index (κ3) is 4.14. The minimum absolute atomic E-state index is 0.599. The number of aromatic nitrogens is 3. The van der Waals surface area contributed by atoms with Gasteiger partial charge in [0.1, 0.15) is 0 Å². The van der Waals surface area contributed by atoms with Crippen molar-refractivity contribution in [1.82, 2.24) is 15.2 Å². The maximum atomic E-state index is 8.78. The van der Waals surface area contributed by atoms with Gasteiger partial charge in [-0.25, -0.2) is 0 Å². The summed E-state index contributed by atoms with van der Waals surface area (Å²) in [5.74, 6) is 1.23. The molecule has 6 nitrogen and oxygen atoms in total. The van der Waals surface area contributed by atoms with E-state index in [9.17, 15) is 0 Å². The molecule has 1 heterocycles. The lowest BCUT2D eigenvalue weighted by molar-refractivity contribution is 0.741. The maximum Gasteiger partial charge on any atom is 0.247 e. The van der Waals surface area contributed by atoms with Crippen LogP contribution in [-0.2, 0) is 0 Å². The van der Waals surface area contributed by atoms with Gasteiger partial charge in [0.05, 0.1) is 17.8 Å². The molecule has 0 aliphatic rings. The molecule has 0 fully saturated rings. The minimum atomic E-state index is 0.599. The molecule has 1 N–H and O–H groups in total. The Morgan fingerprint density at radius 3 is 2.71 bits per heavy atom. The molecule has 1 aromatic carbocycles. The van der Waals surface area contributed by atoms with Gasteiger partial charge in [0.2, 0.25) is 5.95 Å². The molecule has 108 valence electrons. The molecule has 0 amide bonds. The fraction of sp³-hybridized carbons (Fsp3) is 0.333. The molecule has 0 aliphatic heterocycles.